The summed E-state index contributed by atoms with van der Waals surface area (Å²) in [4.78, 5) is 28.2. The van der Waals surface area contributed by atoms with Gasteiger partial charge in [-0.3, -0.25) is 14.5 Å². The summed E-state index contributed by atoms with van der Waals surface area (Å²) in [6.07, 6.45) is 3.45. The van der Waals surface area contributed by atoms with Gasteiger partial charge < -0.3 is 14.6 Å². The number of carbonyl (C=O) groups excluding carboxylic acids is 2. The molecule has 0 aliphatic carbocycles. The average Bonchev–Trinajstić information content (AvgIpc) is 3.22. The molecule has 0 spiro atoms. The highest BCUT2D eigenvalue weighted by Gasteiger charge is 2.23. The zero-order valence-corrected chi connectivity index (χ0v) is 16.0. The molecule has 2 heterocycles. The molecule has 2 amide bonds. The largest absolute Gasteiger partial charge is 0.459 e. The third-order valence-corrected chi connectivity index (χ3v) is 5.14. The fraction of sp³-hybridized carbons (Fsp3) is 0.429. The van der Waals surface area contributed by atoms with Crippen molar-refractivity contribution in [3.63, 3.8) is 0 Å². The molecule has 0 saturated heterocycles. The summed E-state index contributed by atoms with van der Waals surface area (Å²) in [6, 6.07) is 12.1. The zero-order valence-electron chi connectivity index (χ0n) is 16.0. The molecule has 6 heteroatoms. The number of benzene rings is 1. The second kappa shape index (κ2) is 8.86. The summed E-state index contributed by atoms with van der Waals surface area (Å²) in [6.45, 7) is 4.66. The monoisotopic (exact) mass is 369 g/mol. The van der Waals surface area contributed by atoms with Crippen LogP contribution in [0.2, 0.25) is 0 Å². The summed E-state index contributed by atoms with van der Waals surface area (Å²) in [7, 11) is 1.60. The molecule has 3 rings (SSSR count). The lowest BCUT2D eigenvalue weighted by Gasteiger charge is -2.35. The zero-order chi connectivity index (χ0) is 19.2. The lowest BCUT2D eigenvalue weighted by atomic mass is 9.98. The number of nitrogens with one attached hydrogen (secondary N) is 1. The molecule has 1 aromatic carbocycles. The van der Waals surface area contributed by atoms with Crippen LogP contribution in [0.5, 0.6) is 0 Å². The van der Waals surface area contributed by atoms with Crippen LogP contribution in [0.4, 0.5) is 0 Å². The lowest BCUT2D eigenvalue weighted by molar-refractivity contribution is -0.121. The predicted molar refractivity (Wildman–Crippen MR) is 103 cm³/mol. The van der Waals surface area contributed by atoms with E-state index in [9.17, 15) is 9.59 Å². The highest BCUT2D eigenvalue weighted by atomic mass is 16.3. The molecule has 0 saturated carbocycles. The molecule has 1 aromatic heterocycles. The minimum absolute atomic E-state index is 0.0127. The minimum atomic E-state index is -0.296. The van der Waals surface area contributed by atoms with Crippen LogP contribution in [-0.2, 0) is 17.8 Å². The third-order valence-electron chi connectivity index (χ3n) is 5.14. The average molecular weight is 369 g/mol. The van der Waals surface area contributed by atoms with Gasteiger partial charge in [0.05, 0.1) is 12.8 Å². The van der Waals surface area contributed by atoms with Crippen LogP contribution in [0.3, 0.4) is 0 Å². The maximum atomic E-state index is 12.3. The number of likely N-dealkylation sites (N-methyl/N-ethyl adjacent to an activating group) is 1. The topological polar surface area (TPSA) is 65.8 Å². The first-order valence-electron chi connectivity index (χ1n) is 9.45. The van der Waals surface area contributed by atoms with E-state index in [1.54, 1.807) is 19.2 Å². The third kappa shape index (κ3) is 4.77. The van der Waals surface area contributed by atoms with Crippen molar-refractivity contribution < 1.29 is 14.0 Å². The Kier molecular flexibility index (Phi) is 6.29. The van der Waals surface area contributed by atoms with Gasteiger partial charge in [0.2, 0.25) is 5.91 Å². The van der Waals surface area contributed by atoms with Crippen LogP contribution in [0.15, 0.2) is 47.1 Å². The van der Waals surface area contributed by atoms with Gasteiger partial charge in [0.15, 0.2) is 5.76 Å². The van der Waals surface area contributed by atoms with E-state index in [0.717, 1.165) is 25.9 Å². The molecular weight excluding hydrogens is 342 g/mol. The van der Waals surface area contributed by atoms with Gasteiger partial charge in [-0.25, -0.2) is 0 Å². The Labute approximate surface area is 160 Å². The van der Waals surface area contributed by atoms with Crippen molar-refractivity contribution in [3.05, 3.63) is 59.5 Å². The number of fused-ring (bicyclic) bond motifs is 1. The van der Waals surface area contributed by atoms with Gasteiger partial charge >= 0.3 is 0 Å². The number of furan rings is 1. The summed E-state index contributed by atoms with van der Waals surface area (Å²) < 4.78 is 5.09. The van der Waals surface area contributed by atoms with Crippen LogP contribution in [0, 0.1) is 0 Å². The molecule has 144 valence electrons. The first kappa shape index (κ1) is 19.2. The molecule has 27 heavy (non-hydrogen) atoms. The second-order valence-corrected chi connectivity index (χ2v) is 6.99. The molecule has 0 fully saturated rings. The van der Waals surface area contributed by atoms with Crippen molar-refractivity contribution in [1.29, 1.82) is 0 Å². The highest BCUT2D eigenvalue weighted by molar-refractivity contribution is 5.94. The van der Waals surface area contributed by atoms with Gasteiger partial charge in [0.25, 0.3) is 5.91 Å². The fourth-order valence-corrected chi connectivity index (χ4v) is 3.52. The van der Waals surface area contributed by atoms with Crippen LogP contribution in [-0.4, -0.2) is 54.3 Å². The molecular formula is C21H27N3O3. The Bertz CT molecular complexity index is 773. The number of hydrogen-bond acceptors (Lipinski definition) is 4. The number of rotatable bonds is 7. The summed E-state index contributed by atoms with van der Waals surface area (Å²) in [5.74, 6) is -0.216. The molecule has 2 aromatic rings. The number of carbonyl (C=O) groups is 2. The Morgan fingerprint density at radius 2 is 2.00 bits per heavy atom. The number of hydrogen-bond donors (Lipinski definition) is 1. The summed E-state index contributed by atoms with van der Waals surface area (Å²) in [5, 5.41) is 2.98. The SMILES string of the molecule is CC[C@H](CNC(=O)CN(C)C(=O)c1ccco1)N1CCc2ccccc2C1. The Balaban J connectivity index is 1.49. The minimum Gasteiger partial charge on any atom is -0.459 e. The fourth-order valence-electron chi connectivity index (χ4n) is 3.52. The van der Waals surface area contributed by atoms with E-state index in [4.69, 9.17) is 4.42 Å². The van der Waals surface area contributed by atoms with Crippen LogP contribution < -0.4 is 5.32 Å². The van der Waals surface area contributed by atoms with Gasteiger partial charge in [-0.15, -0.1) is 0 Å². The maximum Gasteiger partial charge on any atom is 0.289 e. The molecule has 1 aliphatic rings. The van der Waals surface area contributed by atoms with E-state index in [1.165, 1.54) is 22.3 Å². The standard InChI is InChI=1S/C21H27N3O3/c1-3-18(24-11-10-16-7-4-5-8-17(16)14-24)13-22-20(25)15-23(2)21(26)19-9-6-12-27-19/h4-9,12,18H,3,10-11,13-15H2,1-2H3,(H,22,25)/t18-/m1/s1. The van der Waals surface area contributed by atoms with Crippen LogP contribution in [0.1, 0.15) is 35.0 Å². The highest BCUT2D eigenvalue weighted by Crippen LogP contribution is 2.21. The van der Waals surface area contributed by atoms with E-state index in [0.29, 0.717) is 6.54 Å². The summed E-state index contributed by atoms with van der Waals surface area (Å²) >= 11 is 0. The predicted octanol–water partition coefficient (Wildman–Crippen LogP) is 2.30. The first-order valence-corrected chi connectivity index (χ1v) is 9.45. The summed E-state index contributed by atoms with van der Waals surface area (Å²) in [5.41, 5.74) is 2.79. The van der Waals surface area contributed by atoms with E-state index < -0.39 is 0 Å². The van der Waals surface area contributed by atoms with Crippen LogP contribution >= 0.6 is 0 Å². The number of nitrogens with zero attached hydrogens (tertiary/aromatic N) is 2. The van der Waals surface area contributed by atoms with E-state index >= 15 is 0 Å². The smallest absolute Gasteiger partial charge is 0.289 e. The van der Waals surface area contributed by atoms with Gasteiger partial charge in [-0.2, -0.15) is 0 Å². The molecule has 1 aliphatic heterocycles. The Hall–Kier alpha value is -2.60. The molecule has 0 radical (unpaired) electrons. The normalized spacial score (nSPS) is 15.0. The maximum absolute atomic E-state index is 12.3. The quantitative estimate of drug-likeness (QED) is 0.813. The molecule has 0 bridgehead atoms. The molecule has 1 atom stereocenters. The molecule has 6 nitrogen and oxygen atoms in total. The van der Waals surface area contributed by atoms with Crippen LogP contribution in [0.25, 0.3) is 0 Å². The molecule has 0 unspecified atom stereocenters. The first-order chi connectivity index (χ1) is 13.1. The van der Waals surface area contributed by atoms with Crippen molar-refractivity contribution in [2.75, 3.05) is 26.7 Å². The van der Waals surface area contributed by atoms with E-state index in [2.05, 4.69) is 41.4 Å². The van der Waals surface area contributed by atoms with Crippen molar-refractivity contribution in [2.24, 2.45) is 0 Å². The van der Waals surface area contributed by atoms with Crippen molar-refractivity contribution in [3.8, 4) is 0 Å². The van der Waals surface area contributed by atoms with Crippen molar-refractivity contribution in [1.82, 2.24) is 15.1 Å². The van der Waals surface area contributed by atoms with E-state index in [-0.39, 0.29) is 30.2 Å². The van der Waals surface area contributed by atoms with E-state index in [1.807, 2.05) is 0 Å². The Morgan fingerprint density at radius 1 is 1.22 bits per heavy atom. The number of amides is 2. The van der Waals surface area contributed by atoms with Gasteiger partial charge in [0.1, 0.15) is 0 Å². The van der Waals surface area contributed by atoms with Crippen molar-refractivity contribution >= 4 is 11.8 Å². The molecule has 1 N–H and O–H groups in total. The van der Waals surface area contributed by atoms with Gasteiger partial charge in [-0.05, 0) is 36.1 Å². The van der Waals surface area contributed by atoms with Crippen molar-refractivity contribution in [2.45, 2.75) is 32.4 Å². The second-order valence-electron chi connectivity index (χ2n) is 6.99. The van der Waals surface area contributed by atoms with Gasteiger partial charge in [-0.1, -0.05) is 31.2 Å². The Morgan fingerprint density at radius 3 is 2.70 bits per heavy atom. The lowest BCUT2D eigenvalue weighted by Crippen LogP contribution is -2.47. The van der Waals surface area contributed by atoms with Gasteiger partial charge in [0, 0.05) is 32.7 Å².